The lowest BCUT2D eigenvalue weighted by Gasteiger charge is -2.44. The minimum atomic E-state index is -4.79. The molecule has 3 aromatic rings. The van der Waals surface area contributed by atoms with Gasteiger partial charge in [-0.1, -0.05) is 72.8 Å². The molecule has 0 aromatic heterocycles. The highest BCUT2D eigenvalue weighted by atomic mass is 19.4. The molecule has 37 heavy (non-hydrogen) atoms. The molecule has 2 atom stereocenters. The van der Waals surface area contributed by atoms with Gasteiger partial charge in [0.1, 0.15) is 12.4 Å². The van der Waals surface area contributed by atoms with Crippen LogP contribution in [0.25, 0.3) is 16.7 Å². The highest BCUT2D eigenvalue weighted by Crippen LogP contribution is 2.45. The molecule has 2 bridgehead atoms. The third-order valence-corrected chi connectivity index (χ3v) is 7.20. The lowest BCUT2D eigenvalue weighted by molar-refractivity contribution is -0.274. The lowest BCUT2D eigenvalue weighted by atomic mass is 9.89. The molecule has 6 rings (SSSR count). The van der Waals surface area contributed by atoms with E-state index >= 15 is 0 Å². The predicted molar refractivity (Wildman–Crippen MR) is 131 cm³/mol. The molecule has 190 valence electrons. The molecule has 3 aliphatic rings. The topological polar surface area (TPSA) is 48.0 Å². The maximum absolute atomic E-state index is 13.3. The summed E-state index contributed by atoms with van der Waals surface area (Å²) < 4.78 is 54.7. The molecule has 1 saturated heterocycles. The second-order valence-corrected chi connectivity index (χ2v) is 9.41. The summed E-state index contributed by atoms with van der Waals surface area (Å²) in [6, 6.07) is 21.5. The molecule has 8 heteroatoms. The largest absolute Gasteiger partial charge is 0.573 e. The van der Waals surface area contributed by atoms with Crippen molar-refractivity contribution in [1.29, 1.82) is 0 Å². The van der Waals surface area contributed by atoms with E-state index in [9.17, 15) is 18.0 Å². The van der Waals surface area contributed by atoms with E-state index in [1.165, 1.54) is 12.1 Å². The van der Waals surface area contributed by atoms with Crippen molar-refractivity contribution in [2.75, 3.05) is 19.8 Å². The van der Waals surface area contributed by atoms with Gasteiger partial charge in [0.2, 0.25) is 0 Å². The number of halogens is 3. The van der Waals surface area contributed by atoms with E-state index in [1.54, 1.807) is 23.1 Å². The first-order valence-corrected chi connectivity index (χ1v) is 12.2. The van der Waals surface area contributed by atoms with Crippen molar-refractivity contribution < 1.29 is 32.2 Å². The number of rotatable bonds is 4. The smallest absolute Gasteiger partial charge is 0.448 e. The molecule has 0 saturated carbocycles. The van der Waals surface area contributed by atoms with Crippen molar-refractivity contribution in [3.8, 4) is 16.9 Å². The summed E-state index contributed by atoms with van der Waals surface area (Å²) in [7, 11) is 0. The molecular formula is C29H24F3NO4. The molecule has 1 amide bonds. The van der Waals surface area contributed by atoms with Crippen LogP contribution in [0.15, 0.2) is 78.9 Å². The van der Waals surface area contributed by atoms with Gasteiger partial charge in [0.25, 0.3) is 0 Å². The number of para-hydroxylation sites is 1. The van der Waals surface area contributed by atoms with Crippen molar-refractivity contribution in [2.24, 2.45) is 0 Å². The fraction of sp³-hybridized carbons (Fsp3) is 0.276. The average Bonchev–Trinajstić information content (AvgIpc) is 3.19. The summed E-state index contributed by atoms with van der Waals surface area (Å²) in [4.78, 5) is 15.0. The number of hydrogen-bond acceptors (Lipinski definition) is 4. The molecule has 3 aromatic carbocycles. The van der Waals surface area contributed by atoms with Gasteiger partial charge < -0.3 is 14.2 Å². The Morgan fingerprint density at radius 3 is 2.16 bits per heavy atom. The van der Waals surface area contributed by atoms with Gasteiger partial charge in [-0.2, -0.15) is 0 Å². The Hall–Kier alpha value is -3.78. The number of nitrogens with zero attached hydrogens (tertiary/aromatic N) is 1. The van der Waals surface area contributed by atoms with E-state index in [1.807, 2.05) is 24.3 Å². The SMILES string of the molecule is O=C(OCC1c2ccccc2-c2ccccc21)N1C2C=C(c3ccccc3OC(F)(F)F)CC1COC2. The maximum atomic E-state index is 13.3. The van der Waals surface area contributed by atoms with Crippen LogP contribution in [-0.4, -0.2) is 49.3 Å². The van der Waals surface area contributed by atoms with Crippen LogP contribution in [0.3, 0.4) is 0 Å². The Balaban J connectivity index is 1.22. The molecule has 2 unspecified atom stereocenters. The normalized spacial score (nSPS) is 20.6. The van der Waals surface area contributed by atoms with Crippen LogP contribution in [-0.2, 0) is 9.47 Å². The van der Waals surface area contributed by atoms with Gasteiger partial charge in [0.05, 0.1) is 25.3 Å². The van der Waals surface area contributed by atoms with Crippen molar-refractivity contribution in [2.45, 2.75) is 30.8 Å². The molecule has 0 spiro atoms. The van der Waals surface area contributed by atoms with Gasteiger partial charge in [-0.25, -0.2) is 4.79 Å². The molecule has 5 nitrogen and oxygen atoms in total. The Morgan fingerprint density at radius 2 is 1.51 bits per heavy atom. The molecule has 2 heterocycles. The predicted octanol–water partition coefficient (Wildman–Crippen LogP) is 6.39. The Morgan fingerprint density at radius 1 is 0.892 bits per heavy atom. The van der Waals surface area contributed by atoms with E-state index < -0.39 is 18.5 Å². The second-order valence-electron chi connectivity index (χ2n) is 9.41. The number of amides is 1. The van der Waals surface area contributed by atoms with Crippen LogP contribution in [0.4, 0.5) is 18.0 Å². The van der Waals surface area contributed by atoms with Crippen LogP contribution in [0.1, 0.15) is 29.0 Å². The van der Waals surface area contributed by atoms with Crippen LogP contribution in [0.2, 0.25) is 0 Å². The highest BCUT2D eigenvalue weighted by Gasteiger charge is 2.41. The van der Waals surface area contributed by atoms with Gasteiger partial charge in [0.15, 0.2) is 0 Å². The molecule has 0 N–H and O–H groups in total. The Labute approximate surface area is 212 Å². The van der Waals surface area contributed by atoms with Crippen molar-refractivity contribution >= 4 is 11.7 Å². The average molecular weight is 508 g/mol. The summed E-state index contributed by atoms with van der Waals surface area (Å²) in [5.41, 5.74) is 5.61. The molecule has 0 radical (unpaired) electrons. The first-order valence-electron chi connectivity index (χ1n) is 12.2. The van der Waals surface area contributed by atoms with Gasteiger partial charge >= 0.3 is 12.5 Å². The summed E-state index contributed by atoms with van der Waals surface area (Å²) in [6.07, 6.45) is -3.12. The number of alkyl halides is 3. The standard InChI is InChI=1S/C29H24F3NO4/c30-29(31,32)37-27-12-6-5-7-21(27)18-13-19-15-35-16-20(14-18)33(19)28(34)36-17-26-24-10-3-1-8-22(24)23-9-2-4-11-25(23)26/h1-13,19-20,26H,14-17H2. The van der Waals surface area contributed by atoms with Crippen LogP contribution in [0.5, 0.6) is 5.75 Å². The summed E-state index contributed by atoms with van der Waals surface area (Å²) in [6.45, 7) is 0.718. The first-order chi connectivity index (χ1) is 17.9. The highest BCUT2D eigenvalue weighted by molar-refractivity contribution is 5.80. The number of ether oxygens (including phenoxy) is 3. The molecule has 2 aliphatic heterocycles. The monoisotopic (exact) mass is 507 g/mol. The van der Waals surface area contributed by atoms with Gasteiger partial charge in [-0.05, 0) is 40.3 Å². The van der Waals surface area contributed by atoms with Crippen molar-refractivity contribution in [3.05, 3.63) is 95.6 Å². The summed E-state index contributed by atoms with van der Waals surface area (Å²) >= 11 is 0. The van der Waals surface area contributed by atoms with Crippen molar-refractivity contribution in [3.63, 3.8) is 0 Å². The number of morpholine rings is 1. The van der Waals surface area contributed by atoms with E-state index in [4.69, 9.17) is 9.47 Å². The third-order valence-electron chi connectivity index (χ3n) is 7.20. The molecule has 1 aliphatic carbocycles. The summed E-state index contributed by atoms with van der Waals surface area (Å²) in [5, 5.41) is 0. The number of fused-ring (bicyclic) bond motifs is 5. The third kappa shape index (κ3) is 4.46. The van der Waals surface area contributed by atoms with Gasteiger partial charge in [-0.3, -0.25) is 4.90 Å². The Bertz CT molecular complexity index is 1320. The van der Waals surface area contributed by atoms with E-state index in [-0.39, 0.29) is 37.5 Å². The zero-order chi connectivity index (χ0) is 25.6. The second kappa shape index (κ2) is 9.27. The van der Waals surface area contributed by atoms with Crippen LogP contribution in [0, 0.1) is 0 Å². The zero-order valence-electron chi connectivity index (χ0n) is 19.8. The number of carbonyl (C=O) groups is 1. The molecule has 1 fully saturated rings. The summed E-state index contributed by atoms with van der Waals surface area (Å²) in [5.74, 6) is -0.315. The van der Waals surface area contributed by atoms with Gasteiger partial charge in [-0.15, -0.1) is 13.2 Å². The maximum Gasteiger partial charge on any atom is 0.573 e. The fourth-order valence-corrected chi connectivity index (χ4v) is 5.69. The fourth-order valence-electron chi connectivity index (χ4n) is 5.69. The van der Waals surface area contributed by atoms with Crippen LogP contribution < -0.4 is 4.74 Å². The lowest BCUT2D eigenvalue weighted by Crippen LogP contribution is -2.56. The van der Waals surface area contributed by atoms with Crippen LogP contribution >= 0.6 is 0 Å². The van der Waals surface area contributed by atoms with Gasteiger partial charge in [0, 0.05) is 11.5 Å². The number of hydrogen-bond donors (Lipinski definition) is 0. The van der Waals surface area contributed by atoms with E-state index in [0.29, 0.717) is 17.6 Å². The minimum absolute atomic E-state index is 0.0604. The first kappa shape index (κ1) is 23.6. The zero-order valence-corrected chi connectivity index (χ0v) is 19.8. The minimum Gasteiger partial charge on any atom is -0.448 e. The Kier molecular flexibility index (Phi) is 5.91. The number of benzene rings is 3. The quantitative estimate of drug-likeness (QED) is 0.411. The van der Waals surface area contributed by atoms with Crippen molar-refractivity contribution in [1.82, 2.24) is 4.90 Å². The van der Waals surface area contributed by atoms with E-state index in [0.717, 1.165) is 22.3 Å². The van der Waals surface area contributed by atoms with E-state index in [2.05, 4.69) is 29.0 Å². The molecular weight excluding hydrogens is 483 g/mol. The number of carbonyl (C=O) groups excluding carboxylic acids is 1.